The van der Waals surface area contributed by atoms with E-state index < -0.39 is 22.2 Å². The van der Waals surface area contributed by atoms with Crippen molar-refractivity contribution in [2.24, 2.45) is 0 Å². The molecule has 2 atom stereocenters. The highest BCUT2D eigenvalue weighted by atomic mass is 32.2. The van der Waals surface area contributed by atoms with Gasteiger partial charge in [-0.2, -0.15) is 0 Å². The lowest BCUT2D eigenvalue weighted by atomic mass is 10.0. The van der Waals surface area contributed by atoms with Crippen LogP contribution in [0.15, 0.2) is 48.5 Å². The third-order valence-corrected chi connectivity index (χ3v) is 5.14. The summed E-state index contributed by atoms with van der Waals surface area (Å²) in [7, 11) is 0. The van der Waals surface area contributed by atoms with Gasteiger partial charge >= 0.3 is 0 Å². The zero-order valence-electron chi connectivity index (χ0n) is 14.2. The highest BCUT2D eigenvalue weighted by Crippen LogP contribution is 2.12. The molecule has 0 bridgehead atoms. The molecular weight excluding hydrogens is 372 g/mol. The van der Waals surface area contributed by atoms with E-state index in [0.717, 1.165) is 22.3 Å². The van der Waals surface area contributed by atoms with E-state index in [9.17, 15) is 22.3 Å². The summed E-state index contributed by atoms with van der Waals surface area (Å²) in [6.07, 6.45) is 2.15. The number of carbonyl (C=O) groups is 1. The van der Waals surface area contributed by atoms with Crippen molar-refractivity contribution in [2.75, 3.05) is 0 Å². The van der Waals surface area contributed by atoms with Gasteiger partial charge in [-0.3, -0.25) is 13.2 Å². The molecule has 0 saturated carbocycles. The predicted molar refractivity (Wildman–Crippen MR) is 99.8 cm³/mol. The maximum absolute atomic E-state index is 12.1. The van der Waals surface area contributed by atoms with Gasteiger partial charge in [-0.25, -0.2) is 0 Å². The second-order valence-corrected chi connectivity index (χ2v) is 7.86. The van der Waals surface area contributed by atoms with Gasteiger partial charge in [-0.15, -0.1) is 0 Å². The van der Waals surface area contributed by atoms with Crippen LogP contribution in [-0.2, 0) is 51.3 Å². The summed E-state index contributed by atoms with van der Waals surface area (Å²) in [4.78, 5) is 12.1. The smallest absolute Gasteiger partial charge is 0.133 e. The lowest BCUT2D eigenvalue weighted by Crippen LogP contribution is -2.03. The van der Waals surface area contributed by atoms with Gasteiger partial charge in [0.1, 0.15) is 5.78 Å². The van der Waals surface area contributed by atoms with Crippen LogP contribution in [0.2, 0.25) is 0 Å². The number of ketones is 1. The Kier molecular flexibility index (Phi) is 8.31. The minimum atomic E-state index is -2.09. The van der Waals surface area contributed by atoms with Crippen LogP contribution >= 0.6 is 0 Å². The van der Waals surface area contributed by atoms with Crippen molar-refractivity contribution in [1.82, 2.24) is 0 Å². The van der Waals surface area contributed by atoms with Gasteiger partial charge in [0.15, 0.2) is 0 Å². The van der Waals surface area contributed by atoms with Crippen LogP contribution < -0.4 is 0 Å². The second kappa shape index (κ2) is 10.5. The highest BCUT2D eigenvalue weighted by molar-refractivity contribution is 7.78. The maximum atomic E-state index is 12.1. The van der Waals surface area contributed by atoms with Crippen molar-refractivity contribution in [3.05, 3.63) is 70.8 Å². The van der Waals surface area contributed by atoms with Gasteiger partial charge in [0.25, 0.3) is 0 Å². The largest absolute Gasteiger partial charge is 0.772 e. The normalized spacial score (nSPS) is 13.3. The van der Waals surface area contributed by atoms with Crippen molar-refractivity contribution in [3.63, 3.8) is 0 Å². The molecule has 0 aromatic heterocycles. The molecule has 0 heterocycles. The number of hydrogen-bond acceptors (Lipinski definition) is 5. The fourth-order valence-electron chi connectivity index (χ4n) is 2.57. The lowest BCUT2D eigenvalue weighted by molar-refractivity contribution is -0.119. The molecule has 0 spiro atoms. The van der Waals surface area contributed by atoms with Crippen molar-refractivity contribution >= 4 is 27.9 Å². The van der Waals surface area contributed by atoms with Crippen molar-refractivity contribution in [1.29, 1.82) is 0 Å². The number of rotatable bonds is 10. The molecule has 0 saturated heterocycles. The van der Waals surface area contributed by atoms with Crippen LogP contribution in [0.1, 0.15) is 35.1 Å². The number of Topliss-reactive ketones (excluding diaryl/α,β-unsaturated/α-hetero) is 1. The Labute approximate surface area is 158 Å². The number of benzene rings is 2. The number of carbonyl (C=O) groups excluding carboxylic acids is 1. The molecule has 0 radical (unpaired) electrons. The fraction of sp³-hybridized carbons (Fsp3) is 0.316. The molecule has 2 aromatic rings. The Morgan fingerprint density at radius 3 is 1.27 bits per heavy atom. The molecule has 0 amide bonds. The molecule has 7 heteroatoms. The van der Waals surface area contributed by atoms with E-state index in [1.165, 1.54) is 0 Å². The van der Waals surface area contributed by atoms with Gasteiger partial charge in [-0.1, -0.05) is 70.7 Å². The van der Waals surface area contributed by atoms with E-state index in [4.69, 9.17) is 0 Å². The summed E-state index contributed by atoms with van der Waals surface area (Å²) >= 11 is -4.19. The Bertz CT molecular complexity index is 704. The van der Waals surface area contributed by atoms with Crippen LogP contribution in [0.3, 0.4) is 0 Å². The second-order valence-electron chi connectivity index (χ2n) is 6.07. The molecule has 2 unspecified atom stereocenters. The molecule has 0 fully saturated rings. The molecule has 2 rings (SSSR count). The molecule has 0 N–H and O–H groups in total. The van der Waals surface area contributed by atoms with Crippen LogP contribution in [0.5, 0.6) is 0 Å². The minimum absolute atomic E-state index is 0.00271. The van der Waals surface area contributed by atoms with Crippen LogP contribution in [0, 0.1) is 0 Å². The van der Waals surface area contributed by atoms with Gasteiger partial charge in [-0.05, 0) is 35.1 Å². The minimum Gasteiger partial charge on any atom is -0.772 e. The van der Waals surface area contributed by atoms with Crippen molar-refractivity contribution in [2.45, 2.75) is 37.2 Å². The van der Waals surface area contributed by atoms with E-state index in [1.54, 1.807) is 24.3 Å². The van der Waals surface area contributed by atoms with Crippen LogP contribution in [0.25, 0.3) is 0 Å². The molecule has 0 aliphatic rings. The molecular formula is C19H20O5S2-2. The summed E-state index contributed by atoms with van der Waals surface area (Å²) in [5.74, 6) is 0.172. The fourth-order valence-corrected chi connectivity index (χ4v) is 3.50. The number of aryl methyl sites for hydroxylation is 2. The van der Waals surface area contributed by atoms with E-state index in [2.05, 4.69) is 0 Å². The zero-order valence-corrected chi connectivity index (χ0v) is 15.9. The molecule has 2 aromatic carbocycles. The first-order valence-electron chi connectivity index (χ1n) is 8.21. The van der Waals surface area contributed by atoms with E-state index in [0.29, 0.717) is 25.7 Å². The van der Waals surface area contributed by atoms with E-state index in [1.807, 2.05) is 24.3 Å². The number of hydrogen-bond donors (Lipinski definition) is 0. The van der Waals surface area contributed by atoms with E-state index in [-0.39, 0.29) is 17.3 Å². The molecule has 140 valence electrons. The first kappa shape index (κ1) is 20.6. The van der Waals surface area contributed by atoms with Gasteiger partial charge in [0.2, 0.25) is 0 Å². The molecule has 26 heavy (non-hydrogen) atoms. The van der Waals surface area contributed by atoms with Gasteiger partial charge < -0.3 is 9.11 Å². The summed E-state index contributed by atoms with van der Waals surface area (Å²) in [6.45, 7) is 0. The Morgan fingerprint density at radius 1 is 0.654 bits per heavy atom. The Hall–Kier alpha value is -1.67. The monoisotopic (exact) mass is 392 g/mol. The Balaban J connectivity index is 1.74. The summed E-state index contributed by atoms with van der Waals surface area (Å²) in [5, 5.41) is 0. The maximum Gasteiger partial charge on any atom is 0.133 e. The third kappa shape index (κ3) is 7.70. The highest BCUT2D eigenvalue weighted by Gasteiger charge is 2.05. The molecule has 0 aliphatic heterocycles. The summed E-state index contributed by atoms with van der Waals surface area (Å²) in [5.41, 5.74) is 3.48. The lowest BCUT2D eigenvalue weighted by Gasteiger charge is -2.07. The quantitative estimate of drug-likeness (QED) is 0.579. The zero-order chi connectivity index (χ0) is 18.9. The summed E-state index contributed by atoms with van der Waals surface area (Å²) < 4.78 is 42.6. The average Bonchev–Trinajstić information content (AvgIpc) is 2.59. The third-order valence-electron chi connectivity index (χ3n) is 4.00. The first-order chi connectivity index (χ1) is 12.4. The first-order valence-corrected chi connectivity index (χ1v) is 10.7. The topological polar surface area (TPSA) is 97.3 Å². The van der Waals surface area contributed by atoms with Gasteiger partial charge in [0.05, 0.1) is 0 Å². The van der Waals surface area contributed by atoms with Crippen molar-refractivity contribution in [3.8, 4) is 0 Å². The van der Waals surface area contributed by atoms with Crippen LogP contribution in [0.4, 0.5) is 0 Å². The van der Waals surface area contributed by atoms with E-state index >= 15 is 0 Å². The van der Waals surface area contributed by atoms with Gasteiger partial charge in [0, 0.05) is 24.3 Å². The molecule has 0 aliphatic carbocycles. The SMILES string of the molecule is O=C(CCc1ccc(CS(=O)[O-])cc1)CCc1ccc(CS(=O)[O-])cc1. The molecule has 5 nitrogen and oxygen atoms in total. The average molecular weight is 392 g/mol. The standard InChI is InChI=1S/C19H22O5S2/c20-19(11-9-15-1-5-17(6-2-15)13-25(21)22)12-10-16-3-7-18(8-4-16)14-26(23)24/h1-8H,9-14H2,(H,21,22)(H,23,24)/p-2. The summed E-state index contributed by atoms with van der Waals surface area (Å²) in [6, 6.07) is 14.5. The van der Waals surface area contributed by atoms with Crippen molar-refractivity contribution < 1.29 is 22.3 Å². The Morgan fingerprint density at radius 2 is 0.962 bits per heavy atom. The van der Waals surface area contributed by atoms with Crippen LogP contribution in [-0.4, -0.2) is 23.3 Å². The predicted octanol–water partition coefficient (Wildman–Crippen LogP) is 2.58.